The number of anilines is 1. The van der Waals surface area contributed by atoms with Crippen molar-refractivity contribution in [3.63, 3.8) is 0 Å². The van der Waals surface area contributed by atoms with Crippen LogP contribution in [0.15, 0.2) is 18.2 Å². The summed E-state index contributed by atoms with van der Waals surface area (Å²) in [5, 5.41) is 3.54. The summed E-state index contributed by atoms with van der Waals surface area (Å²) in [6, 6.07) is 6.68. The van der Waals surface area contributed by atoms with Crippen molar-refractivity contribution in [2.24, 2.45) is 5.92 Å². The quantitative estimate of drug-likeness (QED) is 0.688. The molecule has 1 N–H and O–H groups in total. The van der Waals surface area contributed by atoms with Crippen LogP contribution in [-0.4, -0.2) is 6.54 Å². The number of nitrogens with one attached hydrogen (secondary N) is 1. The molecule has 0 bridgehead atoms. The van der Waals surface area contributed by atoms with Crippen LogP contribution in [0.5, 0.6) is 0 Å². The largest absolute Gasteiger partial charge is 0.384 e. The Bertz CT molecular complexity index is 339. The van der Waals surface area contributed by atoms with Crippen LogP contribution in [0.1, 0.15) is 29.9 Å². The van der Waals surface area contributed by atoms with Crippen molar-refractivity contribution in [2.75, 3.05) is 11.9 Å². The fourth-order valence-electron chi connectivity index (χ4n) is 2.48. The van der Waals surface area contributed by atoms with Gasteiger partial charge in [0.15, 0.2) is 0 Å². The van der Waals surface area contributed by atoms with Crippen molar-refractivity contribution >= 4 is 5.69 Å². The van der Waals surface area contributed by atoms with E-state index in [1.54, 1.807) is 5.56 Å². The summed E-state index contributed by atoms with van der Waals surface area (Å²) in [4.78, 5) is 0. The third kappa shape index (κ3) is 1.06. The van der Waals surface area contributed by atoms with Crippen molar-refractivity contribution in [3.8, 4) is 0 Å². The smallest absolute Gasteiger partial charge is 0.0406 e. The molecule has 1 fully saturated rings. The number of benzene rings is 1. The molecule has 1 aromatic carbocycles. The first-order valence-electron chi connectivity index (χ1n) is 5.19. The van der Waals surface area contributed by atoms with Gasteiger partial charge in [-0.2, -0.15) is 0 Å². The van der Waals surface area contributed by atoms with Crippen LogP contribution in [-0.2, 0) is 0 Å². The number of aryl methyl sites for hydroxylation is 1. The average molecular weight is 173 g/mol. The maximum Gasteiger partial charge on any atom is 0.0406 e. The maximum atomic E-state index is 3.54. The lowest BCUT2D eigenvalue weighted by atomic mass is 9.95. The van der Waals surface area contributed by atoms with Gasteiger partial charge < -0.3 is 5.32 Å². The molecular weight excluding hydrogens is 158 g/mol. The van der Waals surface area contributed by atoms with Crippen molar-refractivity contribution < 1.29 is 0 Å². The summed E-state index contributed by atoms with van der Waals surface area (Å²) in [5.74, 6) is 1.80. The number of hydrogen-bond donors (Lipinski definition) is 1. The second kappa shape index (κ2) is 2.50. The van der Waals surface area contributed by atoms with E-state index in [9.17, 15) is 0 Å². The van der Waals surface area contributed by atoms with Crippen LogP contribution >= 0.6 is 0 Å². The van der Waals surface area contributed by atoms with Gasteiger partial charge in [0.05, 0.1) is 0 Å². The van der Waals surface area contributed by atoms with Crippen molar-refractivity contribution in [3.05, 3.63) is 29.3 Å². The molecule has 68 valence electrons. The Kier molecular flexibility index (Phi) is 1.43. The molecule has 1 aliphatic heterocycles. The van der Waals surface area contributed by atoms with Crippen LogP contribution in [0.2, 0.25) is 0 Å². The lowest BCUT2D eigenvalue weighted by molar-refractivity contribution is 0.660. The van der Waals surface area contributed by atoms with E-state index >= 15 is 0 Å². The van der Waals surface area contributed by atoms with E-state index in [0.29, 0.717) is 0 Å². The molecule has 1 nitrogen and oxygen atoms in total. The number of hydrogen-bond acceptors (Lipinski definition) is 1. The van der Waals surface area contributed by atoms with Gasteiger partial charge in [0.2, 0.25) is 0 Å². The van der Waals surface area contributed by atoms with E-state index < -0.39 is 0 Å². The first-order valence-corrected chi connectivity index (χ1v) is 5.19. The molecule has 1 saturated carbocycles. The second-order valence-electron chi connectivity index (χ2n) is 4.36. The second-order valence-corrected chi connectivity index (χ2v) is 4.36. The predicted molar refractivity (Wildman–Crippen MR) is 55.1 cm³/mol. The lowest BCUT2D eigenvalue weighted by Gasteiger charge is -2.07. The summed E-state index contributed by atoms with van der Waals surface area (Å²) in [6.07, 6.45) is 2.89. The summed E-state index contributed by atoms with van der Waals surface area (Å²) < 4.78 is 0. The van der Waals surface area contributed by atoms with Gasteiger partial charge in [0.1, 0.15) is 0 Å². The Morgan fingerprint density at radius 2 is 2.15 bits per heavy atom. The molecule has 1 heterocycles. The zero-order valence-corrected chi connectivity index (χ0v) is 8.01. The van der Waals surface area contributed by atoms with E-state index in [4.69, 9.17) is 0 Å². The zero-order valence-electron chi connectivity index (χ0n) is 8.01. The van der Waals surface area contributed by atoms with Gasteiger partial charge >= 0.3 is 0 Å². The van der Waals surface area contributed by atoms with Gasteiger partial charge in [0, 0.05) is 18.2 Å². The fourth-order valence-corrected chi connectivity index (χ4v) is 2.48. The Labute approximate surface area is 79.2 Å². The standard InChI is InChI=1S/C12H15N/c1-8-3-2-4-10-11(9-5-6-9)7-13-12(8)10/h2-4,9,11,13H,5-7H2,1H3. The van der Waals surface area contributed by atoms with Gasteiger partial charge in [-0.25, -0.2) is 0 Å². The third-order valence-corrected chi connectivity index (χ3v) is 3.39. The molecule has 0 spiro atoms. The molecule has 0 aromatic heterocycles. The summed E-state index contributed by atoms with van der Waals surface area (Å²) in [7, 11) is 0. The van der Waals surface area contributed by atoms with E-state index in [2.05, 4.69) is 30.4 Å². The van der Waals surface area contributed by atoms with E-state index in [-0.39, 0.29) is 0 Å². The van der Waals surface area contributed by atoms with Crippen LogP contribution < -0.4 is 5.32 Å². The monoisotopic (exact) mass is 173 g/mol. The van der Waals surface area contributed by atoms with Gasteiger partial charge in [-0.15, -0.1) is 0 Å². The highest BCUT2D eigenvalue weighted by Gasteiger charge is 2.36. The zero-order chi connectivity index (χ0) is 8.84. The minimum atomic E-state index is 0.815. The summed E-state index contributed by atoms with van der Waals surface area (Å²) in [5.41, 5.74) is 4.39. The van der Waals surface area contributed by atoms with Crippen LogP contribution in [0.3, 0.4) is 0 Å². The molecule has 13 heavy (non-hydrogen) atoms. The summed E-state index contributed by atoms with van der Waals surface area (Å²) >= 11 is 0. The molecule has 1 heteroatoms. The molecule has 2 aliphatic rings. The SMILES string of the molecule is Cc1cccc2c1NCC2C1CC1. The van der Waals surface area contributed by atoms with Gasteiger partial charge in [-0.3, -0.25) is 0 Å². The Balaban J connectivity index is 2.05. The molecule has 1 aromatic rings. The van der Waals surface area contributed by atoms with Gasteiger partial charge in [-0.05, 0) is 36.8 Å². The molecule has 1 atom stereocenters. The lowest BCUT2D eigenvalue weighted by Crippen LogP contribution is -2.03. The van der Waals surface area contributed by atoms with Crippen molar-refractivity contribution in [1.29, 1.82) is 0 Å². The number of para-hydroxylation sites is 1. The molecule has 0 amide bonds. The average Bonchev–Trinajstić information content (AvgIpc) is 2.87. The van der Waals surface area contributed by atoms with Crippen LogP contribution in [0, 0.1) is 12.8 Å². The third-order valence-electron chi connectivity index (χ3n) is 3.39. The van der Waals surface area contributed by atoms with Gasteiger partial charge in [-0.1, -0.05) is 18.2 Å². The normalized spacial score (nSPS) is 25.5. The van der Waals surface area contributed by atoms with Crippen LogP contribution in [0.4, 0.5) is 5.69 Å². The molecular formula is C12H15N. The van der Waals surface area contributed by atoms with E-state index in [0.717, 1.165) is 11.8 Å². The molecule has 1 aliphatic carbocycles. The first kappa shape index (κ1) is 7.43. The first-order chi connectivity index (χ1) is 6.36. The minimum Gasteiger partial charge on any atom is -0.384 e. The number of fused-ring (bicyclic) bond motifs is 1. The van der Waals surface area contributed by atoms with E-state index in [1.165, 1.54) is 30.6 Å². The predicted octanol–water partition coefficient (Wildman–Crippen LogP) is 2.91. The minimum absolute atomic E-state index is 0.815. The Morgan fingerprint density at radius 1 is 1.31 bits per heavy atom. The topological polar surface area (TPSA) is 12.0 Å². The highest BCUT2D eigenvalue weighted by Crippen LogP contribution is 2.48. The molecule has 1 unspecified atom stereocenters. The number of rotatable bonds is 1. The van der Waals surface area contributed by atoms with Crippen molar-refractivity contribution in [2.45, 2.75) is 25.7 Å². The van der Waals surface area contributed by atoms with Gasteiger partial charge in [0.25, 0.3) is 0 Å². The Hall–Kier alpha value is -0.980. The molecule has 0 radical (unpaired) electrons. The molecule has 3 rings (SSSR count). The maximum absolute atomic E-state index is 3.54. The molecule has 0 saturated heterocycles. The van der Waals surface area contributed by atoms with Crippen molar-refractivity contribution in [1.82, 2.24) is 0 Å². The Morgan fingerprint density at radius 3 is 2.92 bits per heavy atom. The summed E-state index contributed by atoms with van der Waals surface area (Å²) in [6.45, 7) is 3.37. The highest BCUT2D eigenvalue weighted by atomic mass is 14.9. The van der Waals surface area contributed by atoms with E-state index in [1.807, 2.05) is 0 Å². The van der Waals surface area contributed by atoms with Crippen LogP contribution in [0.25, 0.3) is 0 Å². The highest BCUT2D eigenvalue weighted by molar-refractivity contribution is 5.63. The fraction of sp³-hybridized carbons (Fsp3) is 0.500.